The molecule has 27 heavy (non-hydrogen) atoms. The van der Waals surface area contributed by atoms with E-state index in [-0.39, 0.29) is 11.6 Å². The Labute approximate surface area is 159 Å². The molecular formula is C18H16ClN5O3. The largest absolute Gasteiger partial charge is 0.383 e. The molecule has 0 atom stereocenters. The van der Waals surface area contributed by atoms with Crippen LogP contribution in [0.2, 0.25) is 5.02 Å². The molecule has 0 bridgehead atoms. The fraction of sp³-hybridized carbons (Fsp3) is 0.111. The quantitative estimate of drug-likeness (QED) is 0.369. The maximum atomic E-state index is 12.2. The summed E-state index contributed by atoms with van der Waals surface area (Å²) < 4.78 is 1.58. The van der Waals surface area contributed by atoms with Crippen LogP contribution in [0.15, 0.2) is 60.8 Å². The molecule has 2 aromatic carbocycles. The first-order chi connectivity index (χ1) is 13.0. The van der Waals surface area contributed by atoms with Gasteiger partial charge in [0.25, 0.3) is 11.6 Å². The van der Waals surface area contributed by atoms with E-state index in [1.165, 1.54) is 12.1 Å². The van der Waals surface area contributed by atoms with E-state index in [0.717, 1.165) is 11.4 Å². The standard InChI is InChI=1S/C18H16ClN5O3/c19-13-2-1-3-16(12-13)23-11-8-17(22-23)18(25)21-10-9-20-14-4-6-15(7-5-14)24(26)27/h1-8,11-12,20H,9-10H2,(H,21,25). The highest BCUT2D eigenvalue weighted by Gasteiger charge is 2.10. The van der Waals surface area contributed by atoms with Gasteiger partial charge >= 0.3 is 0 Å². The van der Waals surface area contributed by atoms with Crippen molar-refractivity contribution in [2.75, 3.05) is 18.4 Å². The molecule has 8 nitrogen and oxygen atoms in total. The first-order valence-electron chi connectivity index (χ1n) is 8.11. The van der Waals surface area contributed by atoms with Gasteiger partial charge in [-0.05, 0) is 36.4 Å². The minimum absolute atomic E-state index is 0.0316. The Kier molecular flexibility index (Phi) is 5.68. The van der Waals surface area contributed by atoms with Crippen molar-refractivity contribution in [3.05, 3.63) is 81.6 Å². The first-order valence-corrected chi connectivity index (χ1v) is 8.49. The van der Waals surface area contributed by atoms with Gasteiger partial charge in [-0.1, -0.05) is 17.7 Å². The van der Waals surface area contributed by atoms with E-state index in [2.05, 4.69) is 15.7 Å². The molecule has 0 unspecified atom stereocenters. The van der Waals surface area contributed by atoms with Gasteiger partial charge in [0.2, 0.25) is 0 Å². The molecule has 0 saturated heterocycles. The second kappa shape index (κ2) is 8.33. The molecule has 1 amide bonds. The molecule has 9 heteroatoms. The first kappa shape index (κ1) is 18.4. The highest BCUT2D eigenvalue weighted by molar-refractivity contribution is 6.30. The smallest absolute Gasteiger partial charge is 0.271 e. The molecule has 1 heterocycles. The van der Waals surface area contributed by atoms with Gasteiger partial charge in [0.15, 0.2) is 5.69 Å². The highest BCUT2D eigenvalue weighted by atomic mass is 35.5. The Morgan fingerprint density at radius 1 is 1.15 bits per heavy atom. The van der Waals surface area contributed by atoms with Crippen LogP contribution in [0.5, 0.6) is 0 Å². The molecule has 2 N–H and O–H groups in total. The number of anilines is 1. The average molecular weight is 386 g/mol. The Bertz CT molecular complexity index is 956. The predicted molar refractivity (Wildman–Crippen MR) is 102 cm³/mol. The number of nitro groups is 1. The number of nitrogens with zero attached hydrogens (tertiary/aromatic N) is 3. The number of halogens is 1. The summed E-state index contributed by atoms with van der Waals surface area (Å²) in [6.07, 6.45) is 1.69. The van der Waals surface area contributed by atoms with Gasteiger partial charge in [0, 0.05) is 42.1 Å². The molecule has 0 spiro atoms. The summed E-state index contributed by atoms with van der Waals surface area (Å²) in [6, 6.07) is 14.9. The molecule has 0 radical (unpaired) electrons. The zero-order valence-corrected chi connectivity index (χ0v) is 14.9. The maximum Gasteiger partial charge on any atom is 0.271 e. The molecule has 138 valence electrons. The second-order valence-electron chi connectivity index (χ2n) is 5.61. The van der Waals surface area contributed by atoms with Gasteiger partial charge in [-0.3, -0.25) is 14.9 Å². The average Bonchev–Trinajstić information content (AvgIpc) is 3.16. The van der Waals surface area contributed by atoms with E-state index in [9.17, 15) is 14.9 Å². The normalized spacial score (nSPS) is 10.4. The van der Waals surface area contributed by atoms with Crippen molar-refractivity contribution < 1.29 is 9.72 Å². The number of hydrogen-bond donors (Lipinski definition) is 2. The fourth-order valence-corrected chi connectivity index (χ4v) is 2.57. The third kappa shape index (κ3) is 4.83. The summed E-state index contributed by atoms with van der Waals surface area (Å²) in [5.74, 6) is -0.290. The molecule has 0 fully saturated rings. The van der Waals surface area contributed by atoms with Crippen molar-refractivity contribution in [3.63, 3.8) is 0 Å². The Hall–Kier alpha value is -3.39. The van der Waals surface area contributed by atoms with Crippen molar-refractivity contribution in [2.45, 2.75) is 0 Å². The van der Waals surface area contributed by atoms with Crippen LogP contribution in [0.3, 0.4) is 0 Å². The number of benzene rings is 2. The third-order valence-corrected chi connectivity index (χ3v) is 3.95. The second-order valence-corrected chi connectivity index (χ2v) is 6.05. The Morgan fingerprint density at radius 2 is 1.93 bits per heavy atom. The van der Waals surface area contributed by atoms with Crippen LogP contribution in [0, 0.1) is 10.1 Å². The maximum absolute atomic E-state index is 12.2. The number of aromatic nitrogens is 2. The molecule has 0 aliphatic heterocycles. The SMILES string of the molecule is O=C(NCCNc1ccc([N+](=O)[O-])cc1)c1ccn(-c2cccc(Cl)c2)n1. The van der Waals surface area contributed by atoms with E-state index in [0.29, 0.717) is 23.8 Å². The van der Waals surface area contributed by atoms with Crippen molar-refractivity contribution in [2.24, 2.45) is 0 Å². The number of rotatable bonds is 7. The minimum Gasteiger partial charge on any atom is -0.383 e. The third-order valence-electron chi connectivity index (χ3n) is 3.71. The van der Waals surface area contributed by atoms with Crippen molar-refractivity contribution in [1.82, 2.24) is 15.1 Å². The van der Waals surface area contributed by atoms with Crippen molar-refractivity contribution in [1.29, 1.82) is 0 Å². The number of nitrogens with one attached hydrogen (secondary N) is 2. The summed E-state index contributed by atoms with van der Waals surface area (Å²) in [7, 11) is 0. The Balaban J connectivity index is 1.49. The van der Waals surface area contributed by atoms with Gasteiger partial charge < -0.3 is 10.6 Å². The van der Waals surface area contributed by atoms with Crippen LogP contribution in [0.25, 0.3) is 5.69 Å². The number of nitro benzene ring substituents is 1. The lowest BCUT2D eigenvalue weighted by Gasteiger charge is -2.07. The van der Waals surface area contributed by atoms with Crippen LogP contribution in [0.4, 0.5) is 11.4 Å². The molecule has 1 aromatic heterocycles. The summed E-state index contributed by atoms with van der Waals surface area (Å²) >= 11 is 5.96. The van der Waals surface area contributed by atoms with E-state index >= 15 is 0 Å². The predicted octanol–water partition coefficient (Wildman–Crippen LogP) is 3.28. The number of amides is 1. The van der Waals surface area contributed by atoms with Gasteiger partial charge in [0.1, 0.15) is 0 Å². The number of non-ortho nitro benzene ring substituents is 1. The lowest BCUT2D eigenvalue weighted by atomic mass is 10.3. The fourth-order valence-electron chi connectivity index (χ4n) is 2.38. The van der Waals surface area contributed by atoms with Crippen molar-refractivity contribution >= 4 is 28.9 Å². The van der Waals surface area contributed by atoms with Crippen LogP contribution in [0.1, 0.15) is 10.5 Å². The Morgan fingerprint density at radius 3 is 2.63 bits per heavy atom. The zero-order valence-electron chi connectivity index (χ0n) is 14.1. The molecule has 3 aromatic rings. The van der Waals surface area contributed by atoms with Gasteiger partial charge in [-0.2, -0.15) is 5.10 Å². The lowest BCUT2D eigenvalue weighted by molar-refractivity contribution is -0.384. The van der Waals surface area contributed by atoms with Crippen LogP contribution < -0.4 is 10.6 Å². The summed E-state index contributed by atoms with van der Waals surface area (Å²) in [4.78, 5) is 22.3. The molecule has 0 saturated carbocycles. The van der Waals surface area contributed by atoms with E-state index < -0.39 is 4.92 Å². The van der Waals surface area contributed by atoms with Crippen LogP contribution in [-0.4, -0.2) is 33.7 Å². The molecule has 0 aliphatic rings. The molecule has 0 aliphatic carbocycles. The van der Waals surface area contributed by atoms with Gasteiger partial charge in [0.05, 0.1) is 10.6 Å². The number of carbonyl (C=O) groups excluding carboxylic acids is 1. The van der Waals surface area contributed by atoms with Crippen LogP contribution in [-0.2, 0) is 0 Å². The summed E-state index contributed by atoms with van der Waals surface area (Å²) in [5.41, 5.74) is 1.83. The zero-order chi connectivity index (χ0) is 19.2. The number of hydrogen-bond acceptors (Lipinski definition) is 5. The van der Waals surface area contributed by atoms with Crippen LogP contribution >= 0.6 is 11.6 Å². The highest BCUT2D eigenvalue weighted by Crippen LogP contribution is 2.15. The minimum atomic E-state index is -0.452. The number of carbonyl (C=O) groups is 1. The van der Waals surface area contributed by atoms with E-state index in [1.54, 1.807) is 41.2 Å². The molecule has 3 rings (SSSR count). The van der Waals surface area contributed by atoms with Crippen molar-refractivity contribution in [3.8, 4) is 5.69 Å². The summed E-state index contributed by atoms with van der Waals surface area (Å²) in [5, 5.41) is 21.3. The topological polar surface area (TPSA) is 102 Å². The van der Waals surface area contributed by atoms with Gasteiger partial charge in [-0.15, -0.1) is 0 Å². The monoisotopic (exact) mass is 385 g/mol. The molecular weight excluding hydrogens is 370 g/mol. The van der Waals surface area contributed by atoms with E-state index in [1.807, 2.05) is 12.1 Å². The summed E-state index contributed by atoms with van der Waals surface area (Å²) in [6.45, 7) is 0.846. The van der Waals surface area contributed by atoms with Gasteiger partial charge in [-0.25, -0.2) is 4.68 Å². The van der Waals surface area contributed by atoms with E-state index in [4.69, 9.17) is 11.6 Å². The lowest BCUT2D eigenvalue weighted by Crippen LogP contribution is -2.29.